The molecule has 3 rings (SSSR count). The number of likely N-dealkylation sites (tertiary alicyclic amines) is 1. The Morgan fingerprint density at radius 2 is 1.92 bits per heavy atom. The Morgan fingerprint density at radius 3 is 2.65 bits per heavy atom. The van der Waals surface area contributed by atoms with Gasteiger partial charge in [-0.05, 0) is 42.3 Å². The summed E-state index contributed by atoms with van der Waals surface area (Å²) in [5, 5.41) is 3.59. The van der Waals surface area contributed by atoms with Gasteiger partial charge in [0.1, 0.15) is 5.82 Å². The fourth-order valence-electron chi connectivity index (χ4n) is 2.91. The minimum absolute atomic E-state index is 0.0653. The highest BCUT2D eigenvalue weighted by atomic mass is 35.5. The lowest BCUT2D eigenvalue weighted by Gasteiger charge is -2.17. The van der Waals surface area contributed by atoms with Gasteiger partial charge in [0.25, 0.3) is 0 Å². The van der Waals surface area contributed by atoms with Gasteiger partial charge < -0.3 is 10.2 Å². The van der Waals surface area contributed by atoms with Crippen LogP contribution in [-0.4, -0.2) is 29.8 Å². The molecular formula is C19H17Cl2FN2O2. The topological polar surface area (TPSA) is 49.4 Å². The fourth-order valence-corrected chi connectivity index (χ4v) is 3.24. The first-order chi connectivity index (χ1) is 12.4. The van der Waals surface area contributed by atoms with E-state index in [1.165, 1.54) is 12.1 Å². The Hall–Kier alpha value is -2.11. The number of hydrogen-bond acceptors (Lipinski definition) is 2. The Balaban J connectivity index is 1.57. The summed E-state index contributed by atoms with van der Waals surface area (Å²) in [5.74, 6) is -1.05. The number of rotatable bonds is 5. The minimum Gasteiger partial charge on any atom is -0.342 e. The van der Waals surface area contributed by atoms with Crippen molar-refractivity contribution in [3.05, 3.63) is 63.9 Å². The van der Waals surface area contributed by atoms with Crippen LogP contribution in [0.3, 0.4) is 0 Å². The Kier molecular flexibility index (Phi) is 5.79. The van der Waals surface area contributed by atoms with Crippen molar-refractivity contribution in [2.24, 2.45) is 5.92 Å². The van der Waals surface area contributed by atoms with Crippen molar-refractivity contribution in [3.63, 3.8) is 0 Å². The van der Waals surface area contributed by atoms with Crippen molar-refractivity contribution in [3.8, 4) is 0 Å². The highest BCUT2D eigenvalue weighted by Gasteiger charge is 2.34. The van der Waals surface area contributed by atoms with Crippen LogP contribution < -0.4 is 5.32 Å². The predicted molar refractivity (Wildman–Crippen MR) is 99.9 cm³/mol. The van der Waals surface area contributed by atoms with Gasteiger partial charge >= 0.3 is 0 Å². The maximum Gasteiger partial charge on any atom is 0.229 e. The van der Waals surface area contributed by atoms with Gasteiger partial charge in [0, 0.05) is 24.5 Å². The highest BCUT2D eigenvalue weighted by Crippen LogP contribution is 2.27. The van der Waals surface area contributed by atoms with Crippen LogP contribution in [0.1, 0.15) is 12.0 Å². The molecule has 136 valence electrons. The summed E-state index contributed by atoms with van der Waals surface area (Å²) in [4.78, 5) is 26.3. The van der Waals surface area contributed by atoms with Gasteiger partial charge in [-0.1, -0.05) is 35.3 Å². The van der Waals surface area contributed by atoms with Gasteiger partial charge in [0.05, 0.1) is 16.6 Å². The van der Waals surface area contributed by atoms with E-state index < -0.39 is 5.92 Å². The molecule has 0 aliphatic carbocycles. The Bertz CT molecular complexity index is 827. The number of nitrogens with one attached hydrogen (secondary N) is 1. The summed E-state index contributed by atoms with van der Waals surface area (Å²) >= 11 is 12.0. The summed E-state index contributed by atoms with van der Waals surface area (Å²) in [7, 11) is 0. The van der Waals surface area contributed by atoms with E-state index in [4.69, 9.17) is 23.2 Å². The molecule has 4 nitrogen and oxygen atoms in total. The van der Waals surface area contributed by atoms with Crippen molar-refractivity contribution in [2.45, 2.75) is 12.8 Å². The Morgan fingerprint density at radius 1 is 1.19 bits per heavy atom. The SMILES string of the molecule is O=C(Nc1cc(Cl)ccc1Cl)[C@@H]1CC(=O)N(CCc2ccc(F)cc2)C1. The van der Waals surface area contributed by atoms with E-state index in [1.807, 2.05) is 0 Å². The second kappa shape index (κ2) is 8.06. The number of amides is 2. The zero-order valence-corrected chi connectivity index (χ0v) is 15.4. The van der Waals surface area contributed by atoms with Crippen LogP contribution in [0.2, 0.25) is 10.0 Å². The standard InChI is InChI=1S/C19H17Cl2FN2O2/c20-14-3-6-16(21)17(10-14)23-19(26)13-9-18(25)24(11-13)8-7-12-1-4-15(22)5-2-12/h1-6,10,13H,7-9,11H2,(H,23,26)/t13-/m1/s1. The molecule has 0 bridgehead atoms. The summed E-state index contributed by atoms with van der Waals surface area (Å²) in [5.41, 5.74) is 1.37. The van der Waals surface area contributed by atoms with E-state index in [0.717, 1.165) is 5.56 Å². The first kappa shape index (κ1) is 18.7. The first-order valence-electron chi connectivity index (χ1n) is 8.20. The molecule has 1 fully saturated rings. The third-order valence-electron chi connectivity index (χ3n) is 4.36. The molecule has 7 heteroatoms. The second-order valence-electron chi connectivity index (χ2n) is 6.23. The van der Waals surface area contributed by atoms with E-state index in [0.29, 0.717) is 35.2 Å². The second-order valence-corrected chi connectivity index (χ2v) is 7.07. The van der Waals surface area contributed by atoms with E-state index in [9.17, 15) is 14.0 Å². The number of hydrogen-bond donors (Lipinski definition) is 1. The Labute approximate surface area is 160 Å². The maximum atomic E-state index is 12.9. The van der Waals surface area contributed by atoms with Crippen molar-refractivity contribution >= 4 is 40.7 Å². The molecule has 1 aliphatic rings. The van der Waals surface area contributed by atoms with Gasteiger partial charge in [0.15, 0.2) is 0 Å². The van der Waals surface area contributed by atoms with Crippen molar-refractivity contribution in [1.82, 2.24) is 4.90 Å². The van der Waals surface area contributed by atoms with Crippen LogP contribution in [0.5, 0.6) is 0 Å². The molecule has 1 saturated heterocycles. The largest absolute Gasteiger partial charge is 0.342 e. The zero-order valence-electron chi connectivity index (χ0n) is 13.8. The van der Waals surface area contributed by atoms with E-state index >= 15 is 0 Å². The molecule has 0 spiro atoms. The molecule has 1 N–H and O–H groups in total. The predicted octanol–water partition coefficient (Wildman–Crippen LogP) is 4.16. The van der Waals surface area contributed by atoms with Crippen LogP contribution in [0.25, 0.3) is 0 Å². The summed E-state index contributed by atoms with van der Waals surface area (Å²) in [6, 6.07) is 11.0. The molecule has 2 amide bonds. The third kappa shape index (κ3) is 4.54. The molecule has 2 aromatic rings. The fraction of sp³-hybridized carbons (Fsp3) is 0.263. The molecule has 1 atom stereocenters. The number of carbonyl (C=O) groups is 2. The lowest BCUT2D eigenvalue weighted by atomic mass is 10.1. The lowest BCUT2D eigenvalue weighted by Crippen LogP contribution is -2.30. The van der Waals surface area contributed by atoms with E-state index in [2.05, 4.69) is 5.32 Å². The summed E-state index contributed by atoms with van der Waals surface area (Å²) in [6.45, 7) is 0.843. The van der Waals surface area contributed by atoms with Gasteiger partial charge in [0.2, 0.25) is 11.8 Å². The highest BCUT2D eigenvalue weighted by molar-refractivity contribution is 6.35. The molecule has 2 aromatic carbocycles. The van der Waals surface area contributed by atoms with E-state index in [1.54, 1.807) is 35.2 Å². The average Bonchev–Trinajstić information content (AvgIpc) is 2.99. The number of benzene rings is 2. The average molecular weight is 395 g/mol. The number of nitrogens with zero attached hydrogens (tertiary/aromatic N) is 1. The first-order valence-corrected chi connectivity index (χ1v) is 8.96. The van der Waals surface area contributed by atoms with Crippen molar-refractivity contribution in [2.75, 3.05) is 18.4 Å². The molecule has 0 aromatic heterocycles. The van der Waals surface area contributed by atoms with Gasteiger partial charge in [-0.25, -0.2) is 4.39 Å². The minimum atomic E-state index is -0.439. The molecule has 26 heavy (non-hydrogen) atoms. The summed E-state index contributed by atoms with van der Waals surface area (Å²) < 4.78 is 12.9. The number of carbonyl (C=O) groups excluding carboxylic acids is 2. The van der Waals surface area contributed by atoms with Crippen LogP contribution in [0, 0.1) is 11.7 Å². The summed E-state index contributed by atoms with van der Waals surface area (Å²) in [6.07, 6.45) is 0.772. The molecule has 0 radical (unpaired) electrons. The van der Waals surface area contributed by atoms with Crippen LogP contribution in [0.4, 0.5) is 10.1 Å². The third-order valence-corrected chi connectivity index (χ3v) is 4.92. The molecular weight excluding hydrogens is 378 g/mol. The lowest BCUT2D eigenvalue weighted by molar-refractivity contribution is -0.128. The quantitative estimate of drug-likeness (QED) is 0.827. The van der Waals surface area contributed by atoms with Gasteiger partial charge in [-0.2, -0.15) is 0 Å². The smallest absolute Gasteiger partial charge is 0.229 e. The van der Waals surface area contributed by atoms with Crippen molar-refractivity contribution < 1.29 is 14.0 Å². The number of halogens is 3. The maximum absolute atomic E-state index is 12.9. The normalized spacial score (nSPS) is 16.8. The van der Waals surface area contributed by atoms with Crippen LogP contribution in [-0.2, 0) is 16.0 Å². The zero-order chi connectivity index (χ0) is 18.7. The van der Waals surface area contributed by atoms with E-state index in [-0.39, 0.29) is 24.1 Å². The molecule has 0 saturated carbocycles. The molecule has 0 unspecified atom stereocenters. The van der Waals surface area contributed by atoms with Gasteiger partial charge in [-0.3, -0.25) is 9.59 Å². The van der Waals surface area contributed by atoms with Gasteiger partial charge in [-0.15, -0.1) is 0 Å². The van der Waals surface area contributed by atoms with Crippen LogP contribution in [0.15, 0.2) is 42.5 Å². The molecule has 1 heterocycles. The number of anilines is 1. The monoisotopic (exact) mass is 394 g/mol. The van der Waals surface area contributed by atoms with Crippen LogP contribution >= 0.6 is 23.2 Å². The van der Waals surface area contributed by atoms with Crippen molar-refractivity contribution in [1.29, 1.82) is 0 Å². The molecule has 1 aliphatic heterocycles.